The molecule has 0 radical (unpaired) electrons. The summed E-state index contributed by atoms with van der Waals surface area (Å²) in [5, 5.41) is 8.91. The predicted octanol–water partition coefficient (Wildman–Crippen LogP) is 6.03. The summed E-state index contributed by atoms with van der Waals surface area (Å²) < 4.78 is 1.01. The summed E-state index contributed by atoms with van der Waals surface area (Å²) in [6, 6.07) is 15.2. The number of rotatable bonds is 3. The van der Waals surface area contributed by atoms with E-state index in [2.05, 4.69) is 26.0 Å². The van der Waals surface area contributed by atoms with Gasteiger partial charge in [0.25, 0.3) is 5.91 Å². The van der Waals surface area contributed by atoms with E-state index >= 15 is 0 Å². The van der Waals surface area contributed by atoms with Crippen LogP contribution in [0.25, 0.3) is 17.3 Å². The summed E-state index contributed by atoms with van der Waals surface area (Å²) in [7, 11) is 0. The standard InChI is InChI=1S/C20H13BrClN3OS/c1-12-17(10-13-2-8-16(22)9-3-13)19(26)25(24-12)20-23-18(11-27-20)14-4-6-15(21)7-5-14/h2-11H,1H3/b17-10+. The molecule has 0 saturated heterocycles. The van der Waals surface area contributed by atoms with Gasteiger partial charge >= 0.3 is 0 Å². The second-order valence-corrected chi connectivity index (χ2v) is 8.12. The number of benzene rings is 2. The first-order valence-corrected chi connectivity index (χ1v) is 10.1. The molecule has 7 heteroatoms. The van der Waals surface area contributed by atoms with Crippen molar-refractivity contribution >= 4 is 61.7 Å². The molecule has 0 aliphatic carbocycles. The molecule has 0 saturated carbocycles. The number of hydrazone groups is 1. The van der Waals surface area contributed by atoms with Gasteiger partial charge in [-0.15, -0.1) is 11.3 Å². The van der Waals surface area contributed by atoms with Gasteiger partial charge in [0.15, 0.2) is 0 Å². The molecular weight excluding hydrogens is 446 g/mol. The molecule has 1 amide bonds. The zero-order valence-corrected chi connectivity index (χ0v) is 17.3. The van der Waals surface area contributed by atoms with Crippen LogP contribution in [0.15, 0.2) is 69.1 Å². The highest BCUT2D eigenvalue weighted by Gasteiger charge is 2.30. The molecule has 4 rings (SSSR count). The lowest BCUT2D eigenvalue weighted by molar-refractivity contribution is -0.114. The lowest BCUT2D eigenvalue weighted by Crippen LogP contribution is -2.21. The van der Waals surface area contributed by atoms with Gasteiger partial charge in [0.1, 0.15) is 0 Å². The molecule has 0 fully saturated rings. The van der Waals surface area contributed by atoms with Crippen molar-refractivity contribution in [1.29, 1.82) is 0 Å². The van der Waals surface area contributed by atoms with Crippen molar-refractivity contribution in [2.75, 3.05) is 5.01 Å². The largest absolute Gasteiger partial charge is 0.282 e. The number of carbonyl (C=O) groups excluding carboxylic acids is 1. The quantitative estimate of drug-likeness (QED) is 0.450. The Bertz CT molecular complexity index is 1070. The van der Waals surface area contributed by atoms with Gasteiger partial charge in [0.05, 0.1) is 17.0 Å². The van der Waals surface area contributed by atoms with E-state index in [0.29, 0.717) is 21.4 Å². The molecule has 1 aromatic heterocycles. The van der Waals surface area contributed by atoms with Crippen molar-refractivity contribution in [3.8, 4) is 11.3 Å². The number of hydrogen-bond acceptors (Lipinski definition) is 4. The SMILES string of the molecule is CC1=NN(c2nc(-c3ccc(Br)cc3)cs2)C(=O)/C1=C/c1ccc(Cl)cc1. The highest BCUT2D eigenvalue weighted by molar-refractivity contribution is 9.10. The molecular formula is C20H13BrClN3OS. The van der Waals surface area contributed by atoms with Gasteiger partial charge in [-0.3, -0.25) is 4.79 Å². The van der Waals surface area contributed by atoms with Crippen LogP contribution in [-0.4, -0.2) is 16.6 Å². The third kappa shape index (κ3) is 3.74. The molecule has 134 valence electrons. The summed E-state index contributed by atoms with van der Waals surface area (Å²) in [6.07, 6.45) is 1.82. The highest BCUT2D eigenvalue weighted by atomic mass is 79.9. The minimum Gasteiger partial charge on any atom is -0.267 e. The first-order valence-electron chi connectivity index (χ1n) is 8.10. The molecule has 0 unspecified atom stereocenters. The molecule has 27 heavy (non-hydrogen) atoms. The Hall–Kier alpha value is -2.28. The van der Waals surface area contributed by atoms with E-state index in [1.807, 2.05) is 54.8 Å². The lowest BCUT2D eigenvalue weighted by Gasteiger charge is -2.07. The van der Waals surface area contributed by atoms with Crippen LogP contribution in [-0.2, 0) is 4.79 Å². The van der Waals surface area contributed by atoms with Crippen molar-refractivity contribution in [1.82, 2.24) is 4.98 Å². The normalized spacial score (nSPS) is 15.5. The number of thiazole rings is 1. The Balaban J connectivity index is 1.61. The summed E-state index contributed by atoms with van der Waals surface area (Å²) in [6.45, 7) is 1.82. The van der Waals surface area contributed by atoms with E-state index in [1.54, 1.807) is 12.1 Å². The van der Waals surface area contributed by atoms with Crippen LogP contribution in [0.2, 0.25) is 5.02 Å². The van der Waals surface area contributed by atoms with Crippen LogP contribution in [0.3, 0.4) is 0 Å². The van der Waals surface area contributed by atoms with E-state index in [1.165, 1.54) is 16.3 Å². The van der Waals surface area contributed by atoms with Crippen LogP contribution in [0.1, 0.15) is 12.5 Å². The molecule has 0 bridgehead atoms. The fourth-order valence-electron chi connectivity index (χ4n) is 2.65. The lowest BCUT2D eigenvalue weighted by atomic mass is 10.1. The van der Waals surface area contributed by atoms with Crippen LogP contribution >= 0.6 is 38.9 Å². The number of hydrogen-bond donors (Lipinski definition) is 0. The van der Waals surface area contributed by atoms with Crippen molar-refractivity contribution < 1.29 is 4.79 Å². The van der Waals surface area contributed by atoms with E-state index in [4.69, 9.17) is 11.6 Å². The van der Waals surface area contributed by atoms with Gasteiger partial charge < -0.3 is 0 Å². The molecule has 1 aliphatic heterocycles. The molecule has 2 aromatic carbocycles. The fourth-order valence-corrected chi connectivity index (χ4v) is 3.83. The monoisotopic (exact) mass is 457 g/mol. The summed E-state index contributed by atoms with van der Waals surface area (Å²) >= 11 is 10.7. The minimum atomic E-state index is -0.181. The van der Waals surface area contributed by atoms with E-state index in [0.717, 1.165) is 21.3 Å². The molecule has 1 aliphatic rings. The second-order valence-electron chi connectivity index (χ2n) is 5.93. The smallest absolute Gasteiger partial charge is 0.267 e. The summed E-state index contributed by atoms with van der Waals surface area (Å²) in [5.74, 6) is -0.181. The van der Waals surface area contributed by atoms with Crippen LogP contribution < -0.4 is 5.01 Å². The summed E-state index contributed by atoms with van der Waals surface area (Å²) in [4.78, 5) is 17.4. The summed E-state index contributed by atoms with van der Waals surface area (Å²) in [5.41, 5.74) is 3.92. The molecule has 3 aromatic rings. The third-order valence-corrected chi connectivity index (χ3v) is 5.65. The van der Waals surface area contributed by atoms with E-state index in [-0.39, 0.29) is 5.91 Å². The first kappa shape index (κ1) is 18.1. The number of carbonyl (C=O) groups is 1. The molecule has 0 atom stereocenters. The van der Waals surface area contributed by atoms with Gasteiger partial charge in [-0.05, 0) is 42.8 Å². The van der Waals surface area contributed by atoms with Crippen molar-refractivity contribution in [2.45, 2.75) is 6.92 Å². The predicted molar refractivity (Wildman–Crippen MR) is 115 cm³/mol. The number of amides is 1. The van der Waals surface area contributed by atoms with Crippen molar-refractivity contribution in [3.63, 3.8) is 0 Å². The number of halogens is 2. The Kier molecular flexibility index (Phi) is 4.95. The Morgan fingerprint density at radius 1 is 1.11 bits per heavy atom. The van der Waals surface area contributed by atoms with E-state index in [9.17, 15) is 4.79 Å². The van der Waals surface area contributed by atoms with Gasteiger partial charge in [0, 0.05) is 20.4 Å². The Labute approximate surface area is 173 Å². The zero-order chi connectivity index (χ0) is 19.0. The van der Waals surface area contributed by atoms with Crippen LogP contribution in [0.5, 0.6) is 0 Å². The maximum absolute atomic E-state index is 12.9. The van der Waals surface area contributed by atoms with Gasteiger partial charge in [-0.2, -0.15) is 10.1 Å². The first-order chi connectivity index (χ1) is 13.0. The molecule has 0 N–H and O–H groups in total. The van der Waals surface area contributed by atoms with Crippen LogP contribution in [0.4, 0.5) is 5.13 Å². The fraction of sp³-hybridized carbons (Fsp3) is 0.0500. The van der Waals surface area contributed by atoms with Gasteiger partial charge in [-0.25, -0.2) is 4.98 Å². The number of nitrogens with zero attached hydrogens (tertiary/aromatic N) is 3. The second kappa shape index (κ2) is 7.38. The Morgan fingerprint density at radius 3 is 2.52 bits per heavy atom. The van der Waals surface area contributed by atoms with Gasteiger partial charge in [0.2, 0.25) is 5.13 Å². The van der Waals surface area contributed by atoms with Gasteiger partial charge in [-0.1, -0.05) is 51.8 Å². The van der Waals surface area contributed by atoms with Crippen molar-refractivity contribution in [2.24, 2.45) is 5.10 Å². The molecule has 4 nitrogen and oxygen atoms in total. The van der Waals surface area contributed by atoms with E-state index < -0.39 is 0 Å². The average molecular weight is 459 g/mol. The maximum atomic E-state index is 12.9. The molecule has 0 spiro atoms. The van der Waals surface area contributed by atoms with Crippen molar-refractivity contribution in [3.05, 3.63) is 74.5 Å². The maximum Gasteiger partial charge on any atom is 0.282 e. The minimum absolute atomic E-state index is 0.181. The highest BCUT2D eigenvalue weighted by Crippen LogP contribution is 2.32. The number of anilines is 1. The topological polar surface area (TPSA) is 45.6 Å². The zero-order valence-electron chi connectivity index (χ0n) is 14.2. The number of aromatic nitrogens is 1. The third-order valence-electron chi connectivity index (χ3n) is 4.06. The average Bonchev–Trinajstić information content (AvgIpc) is 3.24. The van der Waals surface area contributed by atoms with Crippen LogP contribution in [0, 0.1) is 0 Å². The molecule has 2 heterocycles. The Morgan fingerprint density at radius 2 is 1.81 bits per heavy atom.